The first-order valence-electron chi connectivity index (χ1n) is 33.0. The largest absolute Gasteiger partial charge is 0.509 e. The van der Waals surface area contributed by atoms with Gasteiger partial charge < -0.3 is 47.9 Å². The van der Waals surface area contributed by atoms with Crippen LogP contribution >= 0.6 is 0 Å². The van der Waals surface area contributed by atoms with Crippen LogP contribution in [0.15, 0.2) is 103 Å². The first-order chi connectivity index (χ1) is 42.2. The molecule has 16 heteroatoms. The molecule has 1 fully saturated rings. The number of allylic oxidation sites excluding steroid dienone is 1. The van der Waals surface area contributed by atoms with Gasteiger partial charge >= 0.3 is 30.2 Å². The molecule has 0 bridgehead atoms. The van der Waals surface area contributed by atoms with Gasteiger partial charge in [0.1, 0.15) is 30.0 Å². The van der Waals surface area contributed by atoms with Crippen LogP contribution in [-0.2, 0) is 47.4 Å². The second-order valence-electron chi connectivity index (χ2n) is 25.4. The highest BCUT2D eigenvalue weighted by molar-refractivity contribution is 5.91. The second-order valence-corrected chi connectivity index (χ2v) is 25.4. The lowest BCUT2D eigenvalue weighted by atomic mass is 9.92. The molecule has 1 aliphatic rings. The predicted molar refractivity (Wildman–Crippen MR) is 342 cm³/mol. The summed E-state index contributed by atoms with van der Waals surface area (Å²) in [4.78, 5) is 84.5. The lowest BCUT2D eigenvalue weighted by Crippen LogP contribution is -2.68. The molecule has 7 atom stereocenters. The molecular formula is C72H107NO15. The molecule has 1 N–H and O–H groups in total. The van der Waals surface area contributed by atoms with Crippen molar-refractivity contribution in [3.05, 3.63) is 120 Å². The van der Waals surface area contributed by atoms with Crippen LogP contribution in [0.25, 0.3) is 0 Å². The third-order valence-electron chi connectivity index (χ3n) is 15.1. The van der Waals surface area contributed by atoms with E-state index in [1.807, 2.05) is 6.08 Å². The minimum atomic E-state index is -2.22. The van der Waals surface area contributed by atoms with Crippen molar-refractivity contribution in [2.45, 2.75) is 283 Å². The van der Waals surface area contributed by atoms with Crippen molar-refractivity contribution in [3.8, 4) is 0 Å². The molecule has 0 saturated carbocycles. The van der Waals surface area contributed by atoms with Crippen molar-refractivity contribution in [3.63, 3.8) is 0 Å². The zero-order valence-electron chi connectivity index (χ0n) is 54.7. The Balaban J connectivity index is 1.76. The highest BCUT2D eigenvalue weighted by Gasteiger charge is 2.60. The van der Waals surface area contributed by atoms with Gasteiger partial charge in [0.25, 0.3) is 0 Å². The Bertz CT molecular complexity index is 2470. The molecule has 16 nitrogen and oxygen atoms in total. The van der Waals surface area contributed by atoms with Crippen molar-refractivity contribution in [2.75, 3.05) is 13.2 Å². The lowest BCUT2D eigenvalue weighted by molar-refractivity contribution is -0.356. The van der Waals surface area contributed by atoms with Crippen molar-refractivity contribution in [2.24, 2.45) is 0 Å². The molecule has 0 unspecified atom stereocenters. The molecule has 0 radical (unpaired) electrons. The molecule has 0 spiro atoms. The summed E-state index contributed by atoms with van der Waals surface area (Å²) in [5, 5.41) is 3.13. The minimum Gasteiger partial charge on any atom is -0.452 e. The number of carbonyl (C=O) groups excluding carboxylic acids is 6. The van der Waals surface area contributed by atoms with E-state index in [4.69, 9.17) is 42.6 Å². The van der Waals surface area contributed by atoms with Gasteiger partial charge in [-0.3, -0.25) is 4.79 Å². The maximum atomic E-state index is 14.4. The van der Waals surface area contributed by atoms with Crippen LogP contribution < -0.4 is 5.32 Å². The summed E-state index contributed by atoms with van der Waals surface area (Å²) in [6.45, 7) is 14.6. The Morgan fingerprint density at radius 1 is 0.523 bits per heavy atom. The van der Waals surface area contributed by atoms with E-state index >= 15 is 0 Å². The zero-order valence-corrected chi connectivity index (χ0v) is 54.7. The zero-order chi connectivity index (χ0) is 64.1. The number of esters is 3. The number of benzene rings is 3. The smallest absolute Gasteiger partial charge is 0.452 e. The Kier molecular flexibility index (Phi) is 34.7. The molecule has 1 saturated heterocycles. The molecule has 3 aromatic carbocycles. The Morgan fingerprint density at radius 2 is 0.943 bits per heavy atom. The number of hydrogen-bond donors (Lipinski definition) is 1. The first-order valence-corrected chi connectivity index (χ1v) is 33.0. The summed E-state index contributed by atoms with van der Waals surface area (Å²) in [5.74, 6) is -4.99. The monoisotopic (exact) mass is 1230 g/mol. The maximum absolute atomic E-state index is 14.4. The van der Waals surface area contributed by atoms with E-state index < -0.39 is 97.0 Å². The molecule has 0 aromatic heterocycles. The fraction of sp³-hybridized carbons (Fsp3) is 0.639. The Morgan fingerprint density at radius 3 is 1.41 bits per heavy atom. The summed E-state index contributed by atoms with van der Waals surface area (Å²) < 4.78 is 55.5. The van der Waals surface area contributed by atoms with E-state index in [0.29, 0.717) is 12.8 Å². The lowest BCUT2D eigenvalue weighted by Gasteiger charge is -2.49. The summed E-state index contributed by atoms with van der Waals surface area (Å²) >= 11 is 0. The number of nitrogens with one attached hydrogen (secondary N) is 1. The molecule has 88 heavy (non-hydrogen) atoms. The van der Waals surface area contributed by atoms with Crippen LogP contribution in [0.1, 0.15) is 260 Å². The fourth-order valence-corrected chi connectivity index (χ4v) is 10.4. The number of unbranched alkanes of at least 4 members (excludes halogenated alkanes) is 23. The second kappa shape index (κ2) is 41.1. The highest BCUT2D eigenvalue weighted by Crippen LogP contribution is 2.38. The molecule has 1 heterocycles. The molecule has 1 aliphatic heterocycles. The third kappa shape index (κ3) is 30.3. The number of carbonyl (C=O) groups is 6. The molecule has 490 valence electrons. The van der Waals surface area contributed by atoms with E-state index in [1.165, 1.54) is 128 Å². The predicted octanol–water partition coefficient (Wildman–Crippen LogP) is 17.3. The summed E-state index contributed by atoms with van der Waals surface area (Å²) in [6, 6.07) is 23.5. The number of amides is 1. The first kappa shape index (κ1) is 74.2. The molecule has 1 amide bonds. The Labute approximate surface area is 526 Å². The maximum Gasteiger partial charge on any atom is 0.509 e. The van der Waals surface area contributed by atoms with Crippen molar-refractivity contribution >= 4 is 36.1 Å². The number of hydrogen-bond acceptors (Lipinski definition) is 15. The van der Waals surface area contributed by atoms with Gasteiger partial charge in [0, 0.05) is 6.42 Å². The SMILES string of the molecule is CCCCCCCCCCCCCC=C[C@@H](OC(=O)c1ccccc1)[C@H](CO[C@@]1(C)O[C@H](COC(=O)OC(C)(C)C)[C@H](OC(=O)OC(C)(C)C)[C@H](OC(=O)c2ccccc2)[C@H]1OC(=O)c1ccccc1)NC(=O)CCCCCCCCCCCCCCC. The summed E-state index contributed by atoms with van der Waals surface area (Å²) in [7, 11) is 0. The van der Waals surface area contributed by atoms with E-state index in [-0.39, 0.29) is 29.0 Å². The van der Waals surface area contributed by atoms with Crippen LogP contribution in [0.4, 0.5) is 9.59 Å². The highest BCUT2D eigenvalue weighted by atomic mass is 16.8. The van der Waals surface area contributed by atoms with Crippen molar-refractivity contribution in [1.82, 2.24) is 5.32 Å². The number of ether oxygens (including phenoxy) is 9. The summed E-state index contributed by atoms with van der Waals surface area (Å²) in [6.07, 6.45) is 22.1. The van der Waals surface area contributed by atoms with Crippen LogP contribution in [0, 0.1) is 0 Å². The van der Waals surface area contributed by atoms with E-state index in [1.54, 1.807) is 114 Å². The Hall–Kier alpha value is -6.26. The van der Waals surface area contributed by atoms with Gasteiger partial charge in [-0.15, -0.1) is 0 Å². The molecular weight excluding hydrogens is 1120 g/mol. The van der Waals surface area contributed by atoms with Gasteiger partial charge in [-0.2, -0.15) is 0 Å². The fourth-order valence-electron chi connectivity index (χ4n) is 10.4. The number of rotatable bonds is 41. The van der Waals surface area contributed by atoms with Gasteiger partial charge in [0.2, 0.25) is 11.7 Å². The minimum absolute atomic E-state index is 0.0941. The molecule has 3 aromatic rings. The van der Waals surface area contributed by atoms with Crippen LogP contribution in [0.3, 0.4) is 0 Å². The van der Waals surface area contributed by atoms with Gasteiger partial charge in [-0.25, -0.2) is 24.0 Å². The third-order valence-corrected chi connectivity index (χ3v) is 15.1. The van der Waals surface area contributed by atoms with Gasteiger partial charge in [-0.05, 0) is 110 Å². The standard InChI is InChI=1S/C72H107NO15/c1-10-12-14-16-18-20-22-24-26-28-30-32-43-51-59(82-65(75)55-45-37-34-38-46-55)58(73-61(74)52-44-33-31-29-27-25-23-21-19-17-15-13-11-2)53-81-72(9)64(85-67(77)57-49-41-36-42-50-57)63(83-66(76)56-47-39-35-40-48-56)62(84-69(79)88-71(6,7)8)60(86-72)54-80-68(78)87-70(3,4)5/h34-43,45-51,58-60,62-64H,10-33,44,52-54H2,1-9H3,(H,73,74)/t58-,59+,60+,62-,63-,64+,72-/m0/s1. The molecule has 0 aliphatic carbocycles. The van der Waals surface area contributed by atoms with Gasteiger partial charge in [0.15, 0.2) is 18.3 Å². The van der Waals surface area contributed by atoms with Crippen LogP contribution in [0.5, 0.6) is 0 Å². The topological polar surface area (TPSA) is 198 Å². The van der Waals surface area contributed by atoms with Crippen molar-refractivity contribution < 1.29 is 71.4 Å². The van der Waals surface area contributed by atoms with E-state index in [0.717, 1.165) is 51.4 Å². The van der Waals surface area contributed by atoms with Gasteiger partial charge in [-0.1, -0.05) is 216 Å². The van der Waals surface area contributed by atoms with E-state index in [2.05, 4.69) is 19.2 Å². The average molecular weight is 1230 g/mol. The molecule has 4 rings (SSSR count). The quantitative estimate of drug-likeness (QED) is 0.0243. The van der Waals surface area contributed by atoms with Crippen LogP contribution in [-0.4, -0.2) is 103 Å². The average Bonchev–Trinajstić information content (AvgIpc) is 1.50. The van der Waals surface area contributed by atoms with Crippen LogP contribution in [0.2, 0.25) is 0 Å². The summed E-state index contributed by atoms with van der Waals surface area (Å²) in [5.41, 5.74) is -1.57. The van der Waals surface area contributed by atoms with Gasteiger partial charge in [0.05, 0.1) is 29.3 Å². The van der Waals surface area contributed by atoms with Crippen molar-refractivity contribution in [1.29, 1.82) is 0 Å². The van der Waals surface area contributed by atoms with E-state index in [9.17, 15) is 28.8 Å². The normalized spacial score (nSPS) is 18.4.